The van der Waals surface area contributed by atoms with E-state index in [1.807, 2.05) is 6.92 Å². The second-order valence-electron chi connectivity index (χ2n) is 5.24. The highest BCUT2D eigenvalue weighted by Gasteiger charge is 2.17. The Hall–Kier alpha value is -0.760. The molecule has 0 N–H and O–H groups in total. The van der Waals surface area contributed by atoms with Gasteiger partial charge in [0.25, 0.3) is 0 Å². The number of pyridine rings is 1. The highest BCUT2D eigenvalue weighted by Crippen LogP contribution is 2.24. The normalized spacial score (nSPS) is 20.8. The van der Waals surface area contributed by atoms with Crippen molar-refractivity contribution in [2.75, 3.05) is 18.0 Å². The zero-order valence-corrected chi connectivity index (χ0v) is 12.2. The van der Waals surface area contributed by atoms with Gasteiger partial charge in [0.2, 0.25) is 0 Å². The Bertz CT molecular complexity index is 392. The summed E-state index contributed by atoms with van der Waals surface area (Å²) in [5.74, 6) is 2.58. The maximum absolute atomic E-state index is 5.88. The smallest absolute Gasteiger partial charge is 0.128 e. The first kappa shape index (κ1) is 13.7. The number of hydrogen-bond donors (Lipinski definition) is 0. The molecule has 1 aromatic rings. The molecule has 0 amide bonds. The van der Waals surface area contributed by atoms with Gasteiger partial charge >= 0.3 is 0 Å². The Morgan fingerprint density at radius 3 is 2.83 bits per heavy atom. The lowest BCUT2D eigenvalue weighted by Crippen LogP contribution is -2.25. The van der Waals surface area contributed by atoms with E-state index in [1.165, 1.54) is 25.7 Å². The van der Waals surface area contributed by atoms with Gasteiger partial charge in [-0.3, -0.25) is 0 Å². The van der Waals surface area contributed by atoms with E-state index in [2.05, 4.69) is 24.0 Å². The molecule has 2 rings (SSSR count). The molecular weight excluding hydrogens is 244 g/mol. The molecule has 2 heterocycles. The molecule has 1 saturated heterocycles. The largest absolute Gasteiger partial charge is 0.357 e. The van der Waals surface area contributed by atoms with Gasteiger partial charge in [-0.1, -0.05) is 19.4 Å². The molecule has 0 aliphatic carbocycles. The van der Waals surface area contributed by atoms with Crippen molar-refractivity contribution in [3.05, 3.63) is 23.4 Å². The fraction of sp³-hybridized carbons (Fsp3) is 0.667. The summed E-state index contributed by atoms with van der Waals surface area (Å²) in [4.78, 5) is 7.13. The zero-order chi connectivity index (χ0) is 13.0. The molecule has 100 valence electrons. The van der Waals surface area contributed by atoms with Crippen LogP contribution in [0.2, 0.25) is 0 Å². The highest BCUT2D eigenvalue weighted by atomic mass is 35.5. The summed E-state index contributed by atoms with van der Waals surface area (Å²) in [7, 11) is 0. The Labute approximate surface area is 115 Å². The number of nitrogens with zero attached hydrogens (tertiary/aromatic N) is 2. The summed E-state index contributed by atoms with van der Waals surface area (Å²) < 4.78 is 0. The molecule has 18 heavy (non-hydrogen) atoms. The number of halogens is 1. The minimum absolute atomic E-state index is 0.553. The maximum atomic E-state index is 5.88. The first-order chi connectivity index (χ1) is 8.74. The van der Waals surface area contributed by atoms with Gasteiger partial charge in [0.1, 0.15) is 5.82 Å². The van der Waals surface area contributed by atoms with Crippen molar-refractivity contribution >= 4 is 17.4 Å². The standard InChI is InChI=1S/C15H23ClN2/c1-3-13-5-4-9-18(10-8-13)15-7-6-14(11-16)12(2)17-15/h6-7,13H,3-5,8-11H2,1-2H3. The van der Waals surface area contributed by atoms with Crippen LogP contribution in [-0.2, 0) is 5.88 Å². The van der Waals surface area contributed by atoms with Gasteiger partial charge in [0.05, 0.1) is 0 Å². The van der Waals surface area contributed by atoms with E-state index >= 15 is 0 Å². The highest BCUT2D eigenvalue weighted by molar-refractivity contribution is 6.17. The number of anilines is 1. The minimum Gasteiger partial charge on any atom is -0.357 e. The van der Waals surface area contributed by atoms with Crippen LogP contribution in [0.15, 0.2) is 12.1 Å². The van der Waals surface area contributed by atoms with E-state index in [-0.39, 0.29) is 0 Å². The number of aromatic nitrogens is 1. The van der Waals surface area contributed by atoms with Gasteiger partial charge in [-0.25, -0.2) is 4.98 Å². The van der Waals surface area contributed by atoms with Crippen molar-refractivity contribution < 1.29 is 0 Å². The molecule has 0 spiro atoms. The molecule has 2 nitrogen and oxygen atoms in total. The van der Waals surface area contributed by atoms with E-state index in [0.29, 0.717) is 5.88 Å². The van der Waals surface area contributed by atoms with Crippen LogP contribution in [0.25, 0.3) is 0 Å². The maximum Gasteiger partial charge on any atom is 0.128 e. The van der Waals surface area contributed by atoms with Crippen LogP contribution >= 0.6 is 11.6 Å². The van der Waals surface area contributed by atoms with Crippen molar-refractivity contribution in [1.29, 1.82) is 0 Å². The average molecular weight is 267 g/mol. The van der Waals surface area contributed by atoms with Gasteiger partial charge in [0.15, 0.2) is 0 Å². The second-order valence-corrected chi connectivity index (χ2v) is 5.51. The number of rotatable bonds is 3. The SMILES string of the molecule is CCC1CCCN(c2ccc(CCl)c(C)n2)CC1. The van der Waals surface area contributed by atoms with E-state index in [0.717, 1.165) is 36.1 Å². The minimum atomic E-state index is 0.553. The first-order valence-corrected chi connectivity index (χ1v) is 7.55. The molecule has 1 unspecified atom stereocenters. The van der Waals surface area contributed by atoms with Gasteiger partial charge in [-0.15, -0.1) is 11.6 Å². The van der Waals surface area contributed by atoms with E-state index in [1.54, 1.807) is 0 Å². The predicted molar refractivity (Wildman–Crippen MR) is 78.4 cm³/mol. The summed E-state index contributed by atoms with van der Waals surface area (Å²) in [5, 5.41) is 0. The molecule has 3 heteroatoms. The van der Waals surface area contributed by atoms with Crippen molar-refractivity contribution in [2.24, 2.45) is 5.92 Å². The predicted octanol–water partition coefficient (Wildman–Crippen LogP) is 4.15. The van der Waals surface area contributed by atoms with Gasteiger partial charge in [-0.2, -0.15) is 0 Å². The van der Waals surface area contributed by atoms with Gasteiger partial charge in [-0.05, 0) is 43.7 Å². The number of alkyl halides is 1. The molecular formula is C15H23ClN2. The topological polar surface area (TPSA) is 16.1 Å². The van der Waals surface area contributed by atoms with Crippen LogP contribution in [0.5, 0.6) is 0 Å². The van der Waals surface area contributed by atoms with E-state index < -0.39 is 0 Å². The molecule has 1 atom stereocenters. The molecule has 1 aliphatic rings. The van der Waals surface area contributed by atoms with Crippen LogP contribution in [0.3, 0.4) is 0 Å². The third-order valence-corrected chi connectivity index (χ3v) is 4.36. The van der Waals surface area contributed by atoms with Crippen molar-refractivity contribution in [1.82, 2.24) is 4.98 Å². The third kappa shape index (κ3) is 3.17. The van der Waals surface area contributed by atoms with Gasteiger partial charge in [0, 0.05) is 24.7 Å². The summed E-state index contributed by atoms with van der Waals surface area (Å²) in [6.07, 6.45) is 5.27. The Morgan fingerprint density at radius 2 is 2.17 bits per heavy atom. The zero-order valence-electron chi connectivity index (χ0n) is 11.5. The molecule has 1 fully saturated rings. The van der Waals surface area contributed by atoms with Crippen molar-refractivity contribution in [3.63, 3.8) is 0 Å². The average Bonchev–Trinajstić information content (AvgIpc) is 2.63. The first-order valence-electron chi connectivity index (χ1n) is 7.02. The van der Waals surface area contributed by atoms with Crippen LogP contribution in [0.4, 0.5) is 5.82 Å². The Morgan fingerprint density at radius 1 is 1.33 bits per heavy atom. The quantitative estimate of drug-likeness (QED) is 0.765. The third-order valence-electron chi connectivity index (χ3n) is 4.07. The summed E-state index contributed by atoms with van der Waals surface area (Å²) in [5.41, 5.74) is 2.21. The lowest BCUT2D eigenvalue weighted by Gasteiger charge is -2.22. The van der Waals surface area contributed by atoms with E-state index in [4.69, 9.17) is 16.6 Å². The molecule has 0 aromatic carbocycles. The fourth-order valence-corrected chi connectivity index (χ4v) is 2.98. The molecule has 0 saturated carbocycles. The summed E-state index contributed by atoms with van der Waals surface area (Å²) >= 11 is 5.88. The Kier molecular flexibility index (Phi) is 4.87. The monoisotopic (exact) mass is 266 g/mol. The van der Waals surface area contributed by atoms with Crippen LogP contribution < -0.4 is 4.90 Å². The van der Waals surface area contributed by atoms with E-state index in [9.17, 15) is 0 Å². The van der Waals surface area contributed by atoms with Crippen LogP contribution in [-0.4, -0.2) is 18.1 Å². The lowest BCUT2D eigenvalue weighted by molar-refractivity contribution is 0.459. The lowest BCUT2D eigenvalue weighted by atomic mass is 9.98. The van der Waals surface area contributed by atoms with Crippen molar-refractivity contribution in [3.8, 4) is 0 Å². The summed E-state index contributed by atoms with van der Waals surface area (Å²) in [6, 6.07) is 4.24. The molecule has 0 radical (unpaired) electrons. The van der Waals surface area contributed by atoms with Crippen molar-refractivity contribution in [2.45, 2.75) is 45.4 Å². The number of hydrogen-bond acceptors (Lipinski definition) is 2. The second kappa shape index (κ2) is 6.42. The van der Waals surface area contributed by atoms with Crippen LogP contribution in [0, 0.1) is 12.8 Å². The fourth-order valence-electron chi connectivity index (χ4n) is 2.70. The molecule has 1 aromatic heterocycles. The Balaban J connectivity index is 2.09. The molecule has 0 bridgehead atoms. The van der Waals surface area contributed by atoms with Crippen LogP contribution in [0.1, 0.15) is 43.9 Å². The molecule has 1 aliphatic heterocycles. The number of aryl methyl sites for hydroxylation is 1. The summed E-state index contributed by atoms with van der Waals surface area (Å²) in [6.45, 7) is 6.64. The van der Waals surface area contributed by atoms with Gasteiger partial charge < -0.3 is 4.90 Å².